The third-order valence-electron chi connectivity index (χ3n) is 12.5. The maximum absolute atomic E-state index is 6.52. The van der Waals surface area contributed by atoms with Gasteiger partial charge in [-0.3, -0.25) is 0 Å². The van der Waals surface area contributed by atoms with E-state index in [-0.39, 0.29) is 0 Å². The summed E-state index contributed by atoms with van der Waals surface area (Å²) in [6, 6.07) is 71.2. The van der Waals surface area contributed by atoms with Gasteiger partial charge in [-0.25, -0.2) is 0 Å². The number of furan rings is 1. The predicted molar refractivity (Wildman–Crippen MR) is 231 cm³/mol. The Labute approximate surface area is 322 Å². The van der Waals surface area contributed by atoms with E-state index in [2.05, 4.69) is 198 Å². The zero-order valence-corrected chi connectivity index (χ0v) is 30.3. The molecule has 2 heterocycles. The van der Waals surface area contributed by atoms with Crippen LogP contribution in [0.3, 0.4) is 0 Å². The molecule has 2 aliphatic rings. The highest BCUT2D eigenvalue weighted by atomic mass is 16.3. The van der Waals surface area contributed by atoms with Gasteiger partial charge in [-0.2, -0.15) is 0 Å². The van der Waals surface area contributed by atoms with Crippen molar-refractivity contribution >= 4 is 71.6 Å². The van der Waals surface area contributed by atoms with Crippen LogP contribution in [0.4, 0.5) is 17.1 Å². The van der Waals surface area contributed by atoms with Gasteiger partial charge in [0.25, 0.3) is 0 Å². The lowest BCUT2D eigenvalue weighted by atomic mass is 9.63. The maximum atomic E-state index is 6.52. The average molecular weight is 713 g/mol. The zero-order valence-electron chi connectivity index (χ0n) is 30.3. The Kier molecular flexibility index (Phi) is 5.83. The minimum absolute atomic E-state index is 0.502. The Morgan fingerprint density at radius 2 is 1.00 bits per heavy atom. The third-order valence-corrected chi connectivity index (χ3v) is 12.5. The Morgan fingerprint density at radius 3 is 1.79 bits per heavy atom. The van der Waals surface area contributed by atoms with Crippen LogP contribution >= 0.6 is 0 Å². The molecular formula is C53H32N2O. The van der Waals surface area contributed by atoms with Gasteiger partial charge in [0.05, 0.1) is 22.1 Å². The van der Waals surface area contributed by atoms with Gasteiger partial charge in [0, 0.05) is 50.1 Å². The van der Waals surface area contributed by atoms with Crippen molar-refractivity contribution in [2.75, 3.05) is 4.90 Å². The van der Waals surface area contributed by atoms with Crippen molar-refractivity contribution in [3.05, 3.63) is 216 Å². The molecule has 0 saturated carbocycles. The fourth-order valence-corrected chi connectivity index (χ4v) is 10.5. The number of para-hydroxylation sites is 3. The van der Waals surface area contributed by atoms with Gasteiger partial charge >= 0.3 is 0 Å². The highest BCUT2D eigenvalue weighted by Crippen LogP contribution is 2.63. The molecule has 0 atom stereocenters. The second kappa shape index (κ2) is 10.9. The molecule has 0 fully saturated rings. The topological polar surface area (TPSA) is 21.3 Å². The van der Waals surface area contributed by atoms with Crippen molar-refractivity contribution in [1.29, 1.82) is 0 Å². The van der Waals surface area contributed by atoms with Gasteiger partial charge in [-0.1, -0.05) is 133 Å². The molecule has 0 amide bonds. The number of fused-ring (bicyclic) bond motifs is 10. The Balaban J connectivity index is 1.22. The molecule has 1 spiro atoms. The molecule has 56 heavy (non-hydrogen) atoms. The van der Waals surface area contributed by atoms with Crippen LogP contribution in [0.15, 0.2) is 199 Å². The average Bonchev–Trinajstić information content (AvgIpc) is 3.90. The lowest BCUT2D eigenvalue weighted by molar-refractivity contribution is 0.669. The lowest BCUT2D eigenvalue weighted by Gasteiger charge is -2.38. The van der Waals surface area contributed by atoms with Gasteiger partial charge in [0.2, 0.25) is 0 Å². The first-order valence-electron chi connectivity index (χ1n) is 19.4. The molecule has 0 unspecified atom stereocenters. The molecule has 0 radical (unpaired) electrons. The van der Waals surface area contributed by atoms with Crippen LogP contribution in [0, 0.1) is 0 Å². The molecular weight excluding hydrogens is 681 g/mol. The van der Waals surface area contributed by atoms with E-state index in [4.69, 9.17) is 4.42 Å². The number of hydrogen-bond donors (Lipinski definition) is 0. The fraction of sp³-hybridized carbons (Fsp3) is 0.0189. The summed E-state index contributed by atoms with van der Waals surface area (Å²) in [4.78, 5) is 2.43. The van der Waals surface area contributed by atoms with E-state index in [9.17, 15) is 0 Å². The Bertz CT molecular complexity index is 3380. The van der Waals surface area contributed by atoms with Crippen molar-refractivity contribution in [2.24, 2.45) is 0 Å². The number of rotatable bonds is 4. The molecule has 2 aliphatic carbocycles. The zero-order chi connectivity index (χ0) is 36.5. The summed E-state index contributed by atoms with van der Waals surface area (Å²) < 4.78 is 9.01. The van der Waals surface area contributed by atoms with Crippen molar-refractivity contribution in [3.8, 4) is 16.8 Å². The van der Waals surface area contributed by atoms with E-state index in [1.807, 2.05) is 6.07 Å². The molecule has 3 heteroatoms. The highest BCUT2D eigenvalue weighted by Gasteiger charge is 2.50. The standard InChI is InChI=1S/C53H32N2O/c1-3-15-33(16-4-1)54(35-29-30-39-38-21-9-12-28-48(38)56-49(39)31-35)46-32-47-52-50-40(46)22-13-25-43(50)53(41-23-10-7-19-36(41)37-20-8-11-24-42(37)53)44-26-14-27-45(51(44)52)55(47)34-17-5-2-6-18-34/h1-32H. The largest absolute Gasteiger partial charge is 0.456 e. The normalized spacial score (nSPS) is 13.5. The quantitative estimate of drug-likeness (QED) is 0.181. The molecule has 2 aromatic heterocycles. The Hall–Kier alpha value is -7.36. The molecule has 11 aromatic rings. The number of anilines is 3. The maximum Gasteiger partial charge on any atom is 0.137 e. The summed E-state index contributed by atoms with van der Waals surface area (Å²) in [5.41, 5.74) is 16.0. The van der Waals surface area contributed by atoms with Crippen LogP contribution in [0.2, 0.25) is 0 Å². The monoisotopic (exact) mass is 712 g/mol. The van der Waals surface area contributed by atoms with Crippen LogP contribution in [0.25, 0.3) is 71.3 Å². The van der Waals surface area contributed by atoms with E-state index >= 15 is 0 Å². The smallest absolute Gasteiger partial charge is 0.137 e. The van der Waals surface area contributed by atoms with E-state index < -0.39 is 5.41 Å². The molecule has 0 saturated heterocycles. The first kappa shape index (κ1) is 30.0. The SMILES string of the molecule is c1ccc(N(c2ccc3c(c2)oc2ccccc23)c2cc3c4c5c(cccc25)C2(c5ccccc5-c5ccccc52)c2cccc(c24)n3-c2ccccc2)cc1. The molecule has 260 valence electrons. The fourth-order valence-electron chi connectivity index (χ4n) is 10.5. The van der Waals surface area contributed by atoms with Gasteiger partial charge in [-0.15, -0.1) is 0 Å². The highest BCUT2D eigenvalue weighted by molar-refractivity contribution is 6.29. The molecule has 0 bridgehead atoms. The first-order valence-corrected chi connectivity index (χ1v) is 19.4. The Morgan fingerprint density at radius 1 is 0.393 bits per heavy atom. The first-order chi connectivity index (χ1) is 27.8. The van der Waals surface area contributed by atoms with Crippen molar-refractivity contribution < 1.29 is 4.42 Å². The van der Waals surface area contributed by atoms with E-state index in [1.165, 1.54) is 66.0 Å². The number of aromatic nitrogens is 1. The lowest BCUT2D eigenvalue weighted by Crippen LogP contribution is -2.30. The molecule has 0 aliphatic heterocycles. The predicted octanol–water partition coefficient (Wildman–Crippen LogP) is 14.0. The summed E-state index contributed by atoms with van der Waals surface area (Å²) in [7, 11) is 0. The van der Waals surface area contributed by atoms with Crippen LogP contribution in [0.1, 0.15) is 22.3 Å². The van der Waals surface area contributed by atoms with Crippen molar-refractivity contribution in [1.82, 2.24) is 4.57 Å². The van der Waals surface area contributed by atoms with Crippen LogP contribution in [-0.2, 0) is 5.41 Å². The number of nitrogens with zero attached hydrogens (tertiary/aromatic N) is 2. The third kappa shape index (κ3) is 3.67. The van der Waals surface area contributed by atoms with Gasteiger partial charge < -0.3 is 13.9 Å². The van der Waals surface area contributed by atoms with Crippen LogP contribution in [-0.4, -0.2) is 4.57 Å². The second-order valence-electron chi connectivity index (χ2n) is 15.2. The van der Waals surface area contributed by atoms with Crippen molar-refractivity contribution in [2.45, 2.75) is 5.41 Å². The minimum atomic E-state index is -0.502. The molecule has 13 rings (SSSR count). The summed E-state index contributed by atoms with van der Waals surface area (Å²) in [5.74, 6) is 0. The summed E-state index contributed by atoms with van der Waals surface area (Å²) in [6.45, 7) is 0. The minimum Gasteiger partial charge on any atom is -0.456 e. The van der Waals surface area contributed by atoms with Crippen molar-refractivity contribution in [3.63, 3.8) is 0 Å². The van der Waals surface area contributed by atoms with E-state index in [1.54, 1.807) is 0 Å². The summed E-state index contributed by atoms with van der Waals surface area (Å²) in [6.07, 6.45) is 0. The van der Waals surface area contributed by atoms with Gasteiger partial charge in [0.15, 0.2) is 0 Å². The molecule has 0 N–H and O–H groups in total. The number of benzene rings is 9. The van der Waals surface area contributed by atoms with Gasteiger partial charge in [0.1, 0.15) is 11.2 Å². The molecule has 9 aromatic carbocycles. The van der Waals surface area contributed by atoms with Crippen LogP contribution in [0.5, 0.6) is 0 Å². The van der Waals surface area contributed by atoms with E-state index in [0.29, 0.717) is 0 Å². The van der Waals surface area contributed by atoms with Gasteiger partial charge in [-0.05, 0) is 93.4 Å². The summed E-state index contributed by atoms with van der Waals surface area (Å²) >= 11 is 0. The number of hydrogen-bond acceptors (Lipinski definition) is 2. The molecule has 3 nitrogen and oxygen atoms in total. The second-order valence-corrected chi connectivity index (χ2v) is 15.2. The summed E-state index contributed by atoms with van der Waals surface area (Å²) in [5, 5.41) is 7.39. The van der Waals surface area contributed by atoms with Crippen LogP contribution < -0.4 is 4.90 Å². The van der Waals surface area contributed by atoms with E-state index in [0.717, 1.165) is 44.7 Å².